The summed E-state index contributed by atoms with van der Waals surface area (Å²) in [6.07, 6.45) is 2.86. The van der Waals surface area contributed by atoms with Crippen LogP contribution in [0.4, 0.5) is 5.82 Å². The fourth-order valence-corrected chi connectivity index (χ4v) is 3.29. The zero-order valence-corrected chi connectivity index (χ0v) is 15.7. The summed E-state index contributed by atoms with van der Waals surface area (Å²) in [5.41, 5.74) is 2.47. The lowest BCUT2D eigenvalue weighted by Gasteiger charge is -2.35. The largest absolute Gasteiger partial charge is 0.354 e. The Hall–Kier alpha value is -2.40. The normalized spacial score (nSPS) is 16.3. The number of nitrogens with one attached hydrogen (secondary N) is 1. The highest BCUT2D eigenvalue weighted by atomic mass is 16.2. The second kappa shape index (κ2) is 8.81. The average Bonchev–Trinajstić information content (AvgIpc) is 2.69. The number of piperazine rings is 1. The van der Waals surface area contributed by atoms with E-state index in [1.165, 1.54) is 5.56 Å². The van der Waals surface area contributed by atoms with E-state index in [2.05, 4.69) is 51.3 Å². The Balaban J connectivity index is 1.45. The van der Waals surface area contributed by atoms with Gasteiger partial charge in [-0.2, -0.15) is 0 Å². The highest BCUT2D eigenvalue weighted by Gasteiger charge is 2.20. The molecule has 1 fully saturated rings. The number of hydrogen-bond donors (Lipinski definition) is 1. The molecule has 0 radical (unpaired) electrons. The number of aryl methyl sites for hydroxylation is 1. The van der Waals surface area contributed by atoms with E-state index in [1.54, 1.807) is 0 Å². The predicted molar refractivity (Wildman–Crippen MR) is 105 cm³/mol. The zero-order chi connectivity index (χ0) is 18.4. The van der Waals surface area contributed by atoms with Gasteiger partial charge >= 0.3 is 0 Å². The van der Waals surface area contributed by atoms with Crippen molar-refractivity contribution < 1.29 is 4.79 Å². The highest BCUT2D eigenvalue weighted by molar-refractivity contribution is 5.78. The topological polar surface area (TPSA) is 48.5 Å². The van der Waals surface area contributed by atoms with E-state index in [0.29, 0.717) is 6.54 Å². The monoisotopic (exact) mass is 352 g/mol. The third-order valence-corrected chi connectivity index (χ3v) is 4.98. The number of anilines is 1. The minimum atomic E-state index is 0.0308. The van der Waals surface area contributed by atoms with Crippen molar-refractivity contribution in [2.45, 2.75) is 26.3 Å². The SMILES string of the molecule is CCc1ccc([C@@H](C)NC(=O)CN2CCN(c3ccccn3)CC2)cc1. The van der Waals surface area contributed by atoms with Gasteiger partial charge in [-0.05, 0) is 36.6 Å². The first kappa shape index (κ1) is 18.4. The molecule has 1 aliphatic rings. The van der Waals surface area contributed by atoms with Crippen LogP contribution in [-0.4, -0.2) is 48.5 Å². The molecule has 1 amide bonds. The van der Waals surface area contributed by atoms with E-state index >= 15 is 0 Å². The van der Waals surface area contributed by atoms with Crippen LogP contribution in [0.5, 0.6) is 0 Å². The van der Waals surface area contributed by atoms with Gasteiger partial charge in [0.1, 0.15) is 5.82 Å². The van der Waals surface area contributed by atoms with E-state index in [9.17, 15) is 4.79 Å². The van der Waals surface area contributed by atoms with Gasteiger partial charge in [0, 0.05) is 32.4 Å². The fourth-order valence-electron chi connectivity index (χ4n) is 3.29. The zero-order valence-electron chi connectivity index (χ0n) is 15.7. The molecule has 1 aromatic carbocycles. The summed E-state index contributed by atoms with van der Waals surface area (Å²) in [6.45, 7) is 8.20. The molecule has 0 unspecified atom stereocenters. The molecule has 1 N–H and O–H groups in total. The Labute approximate surface area is 156 Å². The van der Waals surface area contributed by atoms with Crippen LogP contribution >= 0.6 is 0 Å². The summed E-state index contributed by atoms with van der Waals surface area (Å²) >= 11 is 0. The lowest BCUT2D eigenvalue weighted by atomic mass is 10.1. The van der Waals surface area contributed by atoms with E-state index in [4.69, 9.17) is 0 Å². The van der Waals surface area contributed by atoms with E-state index in [-0.39, 0.29) is 11.9 Å². The van der Waals surface area contributed by atoms with Crippen LogP contribution in [-0.2, 0) is 11.2 Å². The summed E-state index contributed by atoms with van der Waals surface area (Å²) in [5.74, 6) is 1.10. The quantitative estimate of drug-likeness (QED) is 0.868. The molecule has 0 saturated carbocycles. The molecule has 5 heteroatoms. The van der Waals surface area contributed by atoms with Crippen LogP contribution in [0.25, 0.3) is 0 Å². The summed E-state index contributed by atoms with van der Waals surface area (Å²) in [5, 5.41) is 3.12. The average molecular weight is 352 g/mol. The van der Waals surface area contributed by atoms with Crippen LogP contribution in [0, 0.1) is 0 Å². The smallest absolute Gasteiger partial charge is 0.234 e. The van der Waals surface area contributed by atoms with Crippen molar-refractivity contribution in [2.24, 2.45) is 0 Å². The lowest BCUT2D eigenvalue weighted by molar-refractivity contribution is -0.123. The molecule has 1 saturated heterocycles. The Bertz CT molecular complexity index is 694. The summed E-state index contributed by atoms with van der Waals surface area (Å²) in [7, 11) is 0. The van der Waals surface area contributed by atoms with Gasteiger partial charge in [0.05, 0.1) is 12.6 Å². The maximum Gasteiger partial charge on any atom is 0.234 e. The molecule has 0 aliphatic carbocycles. The maximum atomic E-state index is 12.4. The fraction of sp³-hybridized carbons (Fsp3) is 0.429. The molecule has 2 aromatic rings. The number of pyridine rings is 1. The minimum absolute atomic E-state index is 0.0308. The molecule has 2 heterocycles. The second-order valence-corrected chi connectivity index (χ2v) is 6.84. The second-order valence-electron chi connectivity index (χ2n) is 6.84. The van der Waals surface area contributed by atoms with E-state index < -0.39 is 0 Å². The number of hydrogen-bond acceptors (Lipinski definition) is 4. The Morgan fingerprint density at radius 3 is 2.46 bits per heavy atom. The number of carbonyl (C=O) groups excluding carboxylic acids is 1. The van der Waals surface area contributed by atoms with Crippen LogP contribution in [0.3, 0.4) is 0 Å². The third-order valence-electron chi connectivity index (χ3n) is 4.98. The highest BCUT2D eigenvalue weighted by Crippen LogP contribution is 2.15. The van der Waals surface area contributed by atoms with Crippen molar-refractivity contribution in [2.75, 3.05) is 37.6 Å². The third kappa shape index (κ3) is 4.82. The van der Waals surface area contributed by atoms with Gasteiger partial charge in [-0.3, -0.25) is 9.69 Å². The summed E-state index contributed by atoms with van der Waals surface area (Å²) in [4.78, 5) is 21.3. The minimum Gasteiger partial charge on any atom is -0.354 e. The molecule has 1 aliphatic heterocycles. The first-order chi connectivity index (χ1) is 12.7. The number of aromatic nitrogens is 1. The maximum absolute atomic E-state index is 12.4. The van der Waals surface area contributed by atoms with Gasteiger partial charge in [0.15, 0.2) is 0 Å². The van der Waals surface area contributed by atoms with Crippen LogP contribution in [0.15, 0.2) is 48.7 Å². The van der Waals surface area contributed by atoms with Crippen molar-refractivity contribution in [1.82, 2.24) is 15.2 Å². The number of carbonyl (C=O) groups is 1. The van der Waals surface area contributed by atoms with Gasteiger partial charge in [-0.15, -0.1) is 0 Å². The molecule has 0 spiro atoms. The van der Waals surface area contributed by atoms with Crippen LogP contribution in [0.2, 0.25) is 0 Å². The first-order valence-electron chi connectivity index (χ1n) is 9.42. The van der Waals surface area contributed by atoms with Gasteiger partial charge in [-0.1, -0.05) is 37.3 Å². The molecule has 5 nitrogen and oxygen atoms in total. The standard InChI is InChI=1S/C21H28N4O/c1-3-18-7-9-19(10-8-18)17(2)23-21(26)16-24-12-14-25(15-13-24)20-6-4-5-11-22-20/h4-11,17H,3,12-16H2,1-2H3,(H,23,26)/t17-/m1/s1. The molecule has 1 atom stereocenters. The molecule has 26 heavy (non-hydrogen) atoms. The lowest BCUT2D eigenvalue weighted by Crippen LogP contribution is -2.49. The molecular weight excluding hydrogens is 324 g/mol. The van der Waals surface area contributed by atoms with Gasteiger partial charge in [0.25, 0.3) is 0 Å². The molecule has 138 valence electrons. The van der Waals surface area contributed by atoms with Crippen molar-refractivity contribution >= 4 is 11.7 Å². The molecular formula is C21H28N4O. The Morgan fingerprint density at radius 2 is 1.85 bits per heavy atom. The number of amides is 1. The van der Waals surface area contributed by atoms with Gasteiger partial charge in [0.2, 0.25) is 5.91 Å². The molecule has 0 bridgehead atoms. The first-order valence-corrected chi connectivity index (χ1v) is 9.42. The molecule has 1 aromatic heterocycles. The van der Waals surface area contributed by atoms with Crippen molar-refractivity contribution in [3.63, 3.8) is 0 Å². The summed E-state index contributed by atoms with van der Waals surface area (Å²) in [6, 6.07) is 14.5. The van der Waals surface area contributed by atoms with Gasteiger partial charge in [-0.25, -0.2) is 4.98 Å². The van der Waals surface area contributed by atoms with Crippen molar-refractivity contribution in [1.29, 1.82) is 0 Å². The van der Waals surface area contributed by atoms with E-state index in [1.807, 2.05) is 31.3 Å². The predicted octanol–water partition coefficient (Wildman–Crippen LogP) is 2.64. The van der Waals surface area contributed by atoms with E-state index in [0.717, 1.165) is 44.0 Å². The van der Waals surface area contributed by atoms with Crippen molar-refractivity contribution in [3.8, 4) is 0 Å². The Morgan fingerprint density at radius 1 is 1.12 bits per heavy atom. The number of rotatable bonds is 6. The number of nitrogens with zero attached hydrogens (tertiary/aromatic N) is 3. The Kier molecular flexibility index (Phi) is 6.23. The van der Waals surface area contributed by atoms with Crippen LogP contribution < -0.4 is 10.2 Å². The van der Waals surface area contributed by atoms with Crippen molar-refractivity contribution in [3.05, 3.63) is 59.8 Å². The summed E-state index contributed by atoms with van der Waals surface area (Å²) < 4.78 is 0. The number of benzene rings is 1. The molecule has 3 rings (SSSR count). The van der Waals surface area contributed by atoms with Crippen LogP contribution in [0.1, 0.15) is 31.0 Å². The van der Waals surface area contributed by atoms with Gasteiger partial charge < -0.3 is 10.2 Å².